The Balaban J connectivity index is 4.36. The molecule has 0 N–H and O–H groups in total. The summed E-state index contributed by atoms with van der Waals surface area (Å²) < 4.78 is 11.2. The number of hydrogen-bond acceptors (Lipinski definition) is 3. The Morgan fingerprint density at radius 1 is 1.10 bits per heavy atom. The molecule has 0 atom stereocenters. The highest BCUT2D eigenvalue weighted by Gasteiger charge is 2.40. The van der Waals surface area contributed by atoms with Gasteiger partial charge in [0.2, 0.25) is 0 Å². The van der Waals surface area contributed by atoms with Crippen LogP contribution >= 0.6 is 0 Å². The molecule has 0 saturated heterocycles. The second-order valence-electron chi connectivity index (χ2n) is 6.55. The monoisotopic (exact) mass is 316 g/mol. The van der Waals surface area contributed by atoms with E-state index in [0.717, 1.165) is 0 Å². The predicted octanol–water partition coefficient (Wildman–Crippen LogP) is 2.37. The SMILES string of the molecule is C=C(C)C(=O)OC[SiH2]O[SiH2]C(C(C)C)(C(C)C)C(C)C. The van der Waals surface area contributed by atoms with E-state index in [1.54, 1.807) is 6.92 Å². The van der Waals surface area contributed by atoms with Crippen molar-refractivity contribution in [1.82, 2.24) is 0 Å². The molecule has 0 aromatic heterocycles. The van der Waals surface area contributed by atoms with Crippen LogP contribution in [0.2, 0.25) is 5.04 Å². The van der Waals surface area contributed by atoms with Gasteiger partial charge in [0, 0.05) is 5.57 Å². The first-order valence-electron chi connectivity index (χ1n) is 7.56. The van der Waals surface area contributed by atoms with E-state index in [2.05, 4.69) is 48.1 Å². The maximum Gasteiger partial charge on any atom is 0.332 e. The molecule has 0 saturated carbocycles. The highest BCUT2D eigenvalue weighted by atomic mass is 28.3. The Bertz CT molecular complexity index is 303. The summed E-state index contributed by atoms with van der Waals surface area (Å²) in [5.41, 5.74) is 0.456. The van der Waals surface area contributed by atoms with Crippen molar-refractivity contribution in [3.8, 4) is 0 Å². The zero-order chi connectivity index (χ0) is 15.9. The first-order chi connectivity index (χ1) is 9.16. The Hall–Kier alpha value is -0.396. The molecule has 0 amide bonds. The average Bonchev–Trinajstić information content (AvgIpc) is 2.31. The van der Waals surface area contributed by atoms with E-state index >= 15 is 0 Å². The number of hydrogen-bond donors (Lipinski definition) is 0. The summed E-state index contributed by atoms with van der Waals surface area (Å²) >= 11 is 0. The average molecular weight is 317 g/mol. The summed E-state index contributed by atoms with van der Waals surface area (Å²) in [5.74, 6) is 1.58. The van der Waals surface area contributed by atoms with E-state index in [9.17, 15) is 4.79 Å². The molecule has 0 aliphatic heterocycles. The molecule has 3 nitrogen and oxygen atoms in total. The molecule has 0 radical (unpaired) electrons. The van der Waals surface area contributed by atoms with E-state index < -0.39 is 19.5 Å². The van der Waals surface area contributed by atoms with E-state index in [-0.39, 0.29) is 5.97 Å². The van der Waals surface area contributed by atoms with Gasteiger partial charge in [0.25, 0.3) is 0 Å². The van der Waals surface area contributed by atoms with Crippen LogP contribution in [0.3, 0.4) is 0 Å². The molecular formula is C15H32O3Si2. The van der Waals surface area contributed by atoms with Gasteiger partial charge >= 0.3 is 5.97 Å². The largest absolute Gasteiger partial charge is 0.464 e. The second kappa shape index (κ2) is 8.79. The van der Waals surface area contributed by atoms with Crippen molar-refractivity contribution in [3.63, 3.8) is 0 Å². The minimum atomic E-state index is -0.762. The number of carbonyl (C=O) groups excluding carboxylic acids is 1. The number of carbonyl (C=O) groups is 1. The lowest BCUT2D eigenvalue weighted by molar-refractivity contribution is -0.137. The summed E-state index contributed by atoms with van der Waals surface area (Å²) in [6.07, 6.45) is 0.461. The molecule has 0 aliphatic rings. The highest BCUT2D eigenvalue weighted by molar-refractivity contribution is 6.45. The van der Waals surface area contributed by atoms with Crippen LogP contribution in [-0.4, -0.2) is 31.7 Å². The highest BCUT2D eigenvalue weighted by Crippen LogP contribution is 2.49. The third-order valence-corrected chi connectivity index (χ3v) is 9.68. The molecule has 5 heteroatoms. The van der Waals surface area contributed by atoms with Gasteiger partial charge in [-0.1, -0.05) is 48.1 Å². The number of rotatable bonds is 9. The van der Waals surface area contributed by atoms with E-state index in [4.69, 9.17) is 8.85 Å². The lowest BCUT2D eigenvalue weighted by Crippen LogP contribution is -2.39. The normalized spacial score (nSPS) is 13.5. The van der Waals surface area contributed by atoms with Crippen LogP contribution in [0.25, 0.3) is 0 Å². The van der Waals surface area contributed by atoms with Gasteiger partial charge < -0.3 is 8.85 Å². The van der Waals surface area contributed by atoms with Crippen LogP contribution in [0.15, 0.2) is 12.2 Å². The Kier molecular flexibility index (Phi) is 8.62. The van der Waals surface area contributed by atoms with Crippen molar-refractivity contribution in [3.05, 3.63) is 12.2 Å². The van der Waals surface area contributed by atoms with E-state index in [0.29, 0.717) is 34.6 Å². The molecule has 0 rings (SSSR count). The molecule has 0 bridgehead atoms. The Morgan fingerprint density at radius 3 is 1.90 bits per heavy atom. The standard InChI is InChI=1S/C15H32O3Si2/c1-10(2)14(16)17-9-19-18-20-15(11(3)4,12(5)6)13(7)8/h11-13H,1,9,19-20H2,2-8H3. The molecule has 0 heterocycles. The van der Waals surface area contributed by atoms with Crippen LogP contribution < -0.4 is 0 Å². The van der Waals surface area contributed by atoms with Crippen LogP contribution in [0.1, 0.15) is 48.5 Å². The molecule has 118 valence electrons. The molecule has 0 fully saturated rings. The summed E-state index contributed by atoms with van der Waals surface area (Å²) in [6.45, 7) is 19.1. The minimum Gasteiger partial charge on any atom is -0.464 e. The summed E-state index contributed by atoms with van der Waals surface area (Å²) in [4.78, 5) is 11.3. The lowest BCUT2D eigenvalue weighted by Gasteiger charge is -2.44. The molecule has 0 unspecified atom stereocenters. The first-order valence-corrected chi connectivity index (χ1v) is 10.4. The van der Waals surface area contributed by atoms with E-state index in [1.807, 2.05) is 0 Å². The molecule has 0 aromatic rings. The Labute approximate surface area is 129 Å². The third kappa shape index (κ3) is 5.18. The number of esters is 1. The van der Waals surface area contributed by atoms with Crippen LogP contribution in [-0.2, 0) is 13.6 Å². The van der Waals surface area contributed by atoms with Crippen molar-refractivity contribution in [2.24, 2.45) is 17.8 Å². The molecule has 0 aliphatic carbocycles. The molecular weight excluding hydrogens is 284 g/mol. The molecule has 0 spiro atoms. The zero-order valence-corrected chi connectivity index (χ0v) is 17.1. The number of ether oxygens (including phenoxy) is 1. The van der Waals surface area contributed by atoms with Crippen LogP contribution in [0.5, 0.6) is 0 Å². The summed E-state index contributed by atoms with van der Waals surface area (Å²) in [6, 6.07) is 0. The van der Waals surface area contributed by atoms with Crippen LogP contribution in [0.4, 0.5) is 0 Å². The fourth-order valence-corrected chi connectivity index (χ4v) is 6.80. The predicted molar refractivity (Wildman–Crippen MR) is 91.2 cm³/mol. The summed E-state index contributed by atoms with van der Waals surface area (Å²) in [7, 11) is -1.40. The van der Waals surface area contributed by atoms with Crippen molar-refractivity contribution >= 4 is 25.5 Å². The smallest absolute Gasteiger partial charge is 0.332 e. The molecule has 20 heavy (non-hydrogen) atoms. The molecule has 0 aromatic carbocycles. The topological polar surface area (TPSA) is 35.5 Å². The quantitative estimate of drug-likeness (QED) is 0.283. The maximum absolute atomic E-state index is 11.3. The fourth-order valence-electron chi connectivity index (χ4n) is 3.07. The van der Waals surface area contributed by atoms with Gasteiger partial charge in [-0.3, -0.25) is 0 Å². The van der Waals surface area contributed by atoms with Crippen molar-refractivity contribution < 1.29 is 13.6 Å². The van der Waals surface area contributed by atoms with Gasteiger partial charge in [-0.15, -0.1) is 0 Å². The third-order valence-electron chi connectivity index (χ3n) is 4.39. The van der Waals surface area contributed by atoms with Gasteiger partial charge in [-0.2, -0.15) is 0 Å². The van der Waals surface area contributed by atoms with Crippen molar-refractivity contribution in [2.45, 2.75) is 53.5 Å². The summed E-state index contributed by atoms with van der Waals surface area (Å²) in [5, 5.41) is 0.325. The van der Waals surface area contributed by atoms with Gasteiger partial charge in [0.05, 0.1) is 0 Å². The van der Waals surface area contributed by atoms with Crippen LogP contribution in [0, 0.1) is 17.8 Å². The zero-order valence-electron chi connectivity index (χ0n) is 14.3. The minimum absolute atomic E-state index is 0.300. The fraction of sp³-hybridized carbons (Fsp3) is 0.800. The van der Waals surface area contributed by atoms with Crippen molar-refractivity contribution in [2.75, 3.05) is 6.23 Å². The maximum atomic E-state index is 11.3. The van der Waals surface area contributed by atoms with Gasteiger partial charge in [0.15, 0.2) is 19.5 Å². The lowest BCUT2D eigenvalue weighted by atomic mass is 9.76. The van der Waals surface area contributed by atoms with Gasteiger partial charge in [0.1, 0.15) is 6.23 Å². The second-order valence-corrected chi connectivity index (χ2v) is 10.5. The van der Waals surface area contributed by atoms with Crippen molar-refractivity contribution in [1.29, 1.82) is 0 Å². The Morgan fingerprint density at radius 2 is 1.55 bits per heavy atom. The first kappa shape index (κ1) is 19.6. The van der Waals surface area contributed by atoms with E-state index in [1.165, 1.54) is 0 Å². The van der Waals surface area contributed by atoms with Gasteiger partial charge in [-0.05, 0) is 29.7 Å². The van der Waals surface area contributed by atoms with Gasteiger partial charge in [-0.25, -0.2) is 4.79 Å².